The molecular weight excluding hydrogens is 381 g/mol. The number of alkyl halides is 1. The molecule has 1 aliphatic rings. The fourth-order valence-corrected chi connectivity index (χ4v) is 3.33. The van der Waals surface area contributed by atoms with Crippen LogP contribution < -0.4 is 5.32 Å². The topological polar surface area (TPSA) is 29.1 Å². The van der Waals surface area contributed by atoms with Crippen molar-refractivity contribution in [1.29, 1.82) is 0 Å². The Bertz CT molecular complexity index is 460. The molecule has 0 aliphatic heterocycles. The fourth-order valence-electron chi connectivity index (χ4n) is 1.93. The minimum Gasteiger partial charge on any atom is -0.351 e. The number of hydrogen-bond acceptors (Lipinski definition) is 1. The number of halogens is 3. The first-order valence-corrected chi connectivity index (χ1v) is 8.15. The summed E-state index contributed by atoms with van der Waals surface area (Å²) < 4.78 is 0.860. The average molecular weight is 396 g/mol. The summed E-state index contributed by atoms with van der Waals surface area (Å²) in [6.45, 7) is 0.736. The molecule has 2 nitrogen and oxygen atoms in total. The van der Waals surface area contributed by atoms with E-state index < -0.39 is 0 Å². The highest BCUT2D eigenvalue weighted by Crippen LogP contribution is 2.48. The van der Waals surface area contributed by atoms with Gasteiger partial charge in [0.1, 0.15) is 0 Å². The lowest BCUT2D eigenvalue weighted by molar-refractivity contribution is 0.0944. The maximum absolute atomic E-state index is 12.1. The van der Waals surface area contributed by atoms with E-state index in [2.05, 4.69) is 37.2 Å². The molecule has 5 heteroatoms. The molecule has 18 heavy (non-hydrogen) atoms. The van der Waals surface area contributed by atoms with Gasteiger partial charge in [-0.25, -0.2) is 0 Å². The molecule has 0 aromatic heterocycles. The van der Waals surface area contributed by atoms with Crippen LogP contribution in [0.2, 0.25) is 5.02 Å². The van der Waals surface area contributed by atoms with Crippen molar-refractivity contribution in [3.8, 4) is 0 Å². The molecule has 0 unspecified atom stereocenters. The maximum Gasteiger partial charge on any atom is 0.252 e. The number of carbonyl (C=O) groups excluding carboxylic acids is 1. The highest BCUT2D eigenvalue weighted by atomic mass is 79.9. The molecule has 1 aliphatic carbocycles. The standard InChI is InChI=1S/C13H14Br2ClNO/c14-6-5-13(3-4-13)8-17-12(18)10-7-9(15)1-2-11(10)16/h1-2,7H,3-6,8H2,(H,17,18). The monoisotopic (exact) mass is 393 g/mol. The Morgan fingerprint density at radius 3 is 2.78 bits per heavy atom. The summed E-state index contributed by atoms with van der Waals surface area (Å²) in [7, 11) is 0. The number of benzene rings is 1. The van der Waals surface area contributed by atoms with Crippen LogP contribution >= 0.6 is 43.5 Å². The summed E-state index contributed by atoms with van der Waals surface area (Å²) in [5.74, 6) is -0.0952. The molecule has 1 N–H and O–H groups in total. The zero-order valence-corrected chi connectivity index (χ0v) is 13.7. The number of amides is 1. The molecular formula is C13H14Br2ClNO. The van der Waals surface area contributed by atoms with E-state index in [1.54, 1.807) is 12.1 Å². The molecule has 0 bridgehead atoms. The molecule has 1 aromatic rings. The Morgan fingerprint density at radius 1 is 1.44 bits per heavy atom. The number of carbonyl (C=O) groups is 1. The lowest BCUT2D eigenvalue weighted by atomic mass is 10.0. The summed E-state index contributed by atoms with van der Waals surface area (Å²) >= 11 is 12.8. The van der Waals surface area contributed by atoms with Crippen molar-refractivity contribution in [3.63, 3.8) is 0 Å². The average Bonchev–Trinajstić information content (AvgIpc) is 3.10. The second kappa shape index (κ2) is 5.93. The molecule has 1 fully saturated rings. The molecule has 98 valence electrons. The number of rotatable bonds is 5. The molecule has 0 atom stereocenters. The van der Waals surface area contributed by atoms with Crippen molar-refractivity contribution in [1.82, 2.24) is 5.32 Å². The van der Waals surface area contributed by atoms with Crippen LogP contribution in [0.25, 0.3) is 0 Å². The van der Waals surface area contributed by atoms with Gasteiger partial charge in [0.2, 0.25) is 0 Å². The first-order valence-electron chi connectivity index (χ1n) is 5.86. The van der Waals surface area contributed by atoms with Gasteiger partial charge in [0.15, 0.2) is 0 Å². The van der Waals surface area contributed by atoms with Gasteiger partial charge < -0.3 is 5.32 Å². The first kappa shape index (κ1) is 14.4. The fraction of sp³-hybridized carbons (Fsp3) is 0.462. The van der Waals surface area contributed by atoms with Crippen molar-refractivity contribution in [2.24, 2.45) is 5.41 Å². The quantitative estimate of drug-likeness (QED) is 0.736. The van der Waals surface area contributed by atoms with Gasteiger partial charge in [0.05, 0.1) is 10.6 Å². The van der Waals surface area contributed by atoms with Crippen molar-refractivity contribution >= 4 is 49.4 Å². The van der Waals surface area contributed by atoms with Gasteiger partial charge in [-0.15, -0.1) is 0 Å². The molecule has 0 heterocycles. The van der Waals surface area contributed by atoms with Crippen LogP contribution in [0.3, 0.4) is 0 Å². The van der Waals surface area contributed by atoms with Crippen LogP contribution in [0, 0.1) is 5.41 Å². The van der Waals surface area contributed by atoms with Gasteiger partial charge in [-0.05, 0) is 42.9 Å². The molecule has 0 spiro atoms. The van der Waals surface area contributed by atoms with Gasteiger partial charge >= 0.3 is 0 Å². The first-order chi connectivity index (χ1) is 8.56. The smallest absolute Gasteiger partial charge is 0.252 e. The zero-order chi connectivity index (χ0) is 13.2. The third-order valence-corrected chi connectivity index (χ3v) is 4.60. The van der Waals surface area contributed by atoms with Gasteiger partial charge in [-0.2, -0.15) is 0 Å². The van der Waals surface area contributed by atoms with Gasteiger partial charge in [0.25, 0.3) is 5.91 Å². The minimum absolute atomic E-state index is 0.0952. The Kier molecular flexibility index (Phi) is 4.73. The van der Waals surface area contributed by atoms with E-state index >= 15 is 0 Å². The Balaban J connectivity index is 1.98. The molecule has 0 radical (unpaired) electrons. The van der Waals surface area contributed by atoms with Crippen LogP contribution in [0.5, 0.6) is 0 Å². The van der Waals surface area contributed by atoms with Crippen molar-refractivity contribution in [2.45, 2.75) is 19.3 Å². The van der Waals surface area contributed by atoms with Crippen LogP contribution in [0.4, 0.5) is 0 Å². The van der Waals surface area contributed by atoms with E-state index in [4.69, 9.17) is 11.6 Å². The SMILES string of the molecule is O=C(NCC1(CCBr)CC1)c1cc(Br)ccc1Cl. The summed E-state index contributed by atoms with van der Waals surface area (Å²) in [6.07, 6.45) is 3.51. The molecule has 1 amide bonds. The van der Waals surface area contributed by atoms with E-state index in [1.165, 1.54) is 12.8 Å². The predicted octanol–water partition coefficient (Wildman–Crippen LogP) is 4.40. The van der Waals surface area contributed by atoms with Gasteiger partial charge in [0, 0.05) is 16.3 Å². The molecule has 0 saturated heterocycles. The largest absolute Gasteiger partial charge is 0.351 e. The third kappa shape index (κ3) is 3.49. The Labute approximate surface area is 129 Å². The minimum atomic E-state index is -0.0952. The zero-order valence-electron chi connectivity index (χ0n) is 9.81. The lowest BCUT2D eigenvalue weighted by Crippen LogP contribution is -2.30. The Morgan fingerprint density at radius 2 is 2.17 bits per heavy atom. The number of nitrogens with one attached hydrogen (secondary N) is 1. The van der Waals surface area contributed by atoms with E-state index in [0.29, 0.717) is 16.0 Å². The summed E-state index contributed by atoms with van der Waals surface area (Å²) in [6, 6.07) is 5.31. The predicted molar refractivity (Wildman–Crippen MR) is 81.6 cm³/mol. The normalized spacial score (nSPS) is 16.4. The second-order valence-electron chi connectivity index (χ2n) is 4.75. The lowest BCUT2D eigenvalue weighted by Gasteiger charge is -2.15. The second-order valence-corrected chi connectivity index (χ2v) is 6.86. The van der Waals surface area contributed by atoms with Crippen LogP contribution in [-0.4, -0.2) is 17.8 Å². The van der Waals surface area contributed by atoms with Crippen molar-refractivity contribution in [3.05, 3.63) is 33.3 Å². The van der Waals surface area contributed by atoms with Gasteiger partial charge in [-0.1, -0.05) is 43.5 Å². The van der Waals surface area contributed by atoms with E-state index in [9.17, 15) is 4.79 Å². The molecule has 1 saturated carbocycles. The summed E-state index contributed by atoms with van der Waals surface area (Å²) in [5.41, 5.74) is 0.846. The number of hydrogen-bond donors (Lipinski definition) is 1. The summed E-state index contributed by atoms with van der Waals surface area (Å²) in [4.78, 5) is 12.1. The third-order valence-electron chi connectivity index (χ3n) is 3.38. The van der Waals surface area contributed by atoms with Crippen LogP contribution in [0.15, 0.2) is 22.7 Å². The van der Waals surface area contributed by atoms with Gasteiger partial charge in [-0.3, -0.25) is 4.79 Å². The Hall–Kier alpha value is -0.0600. The van der Waals surface area contributed by atoms with Crippen molar-refractivity contribution < 1.29 is 4.79 Å². The van der Waals surface area contributed by atoms with E-state index in [1.807, 2.05) is 6.07 Å². The van der Waals surface area contributed by atoms with E-state index in [0.717, 1.165) is 22.8 Å². The molecule has 2 rings (SSSR count). The highest BCUT2D eigenvalue weighted by molar-refractivity contribution is 9.10. The molecule has 1 aromatic carbocycles. The van der Waals surface area contributed by atoms with E-state index in [-0.39, 0.29) is 5.91 Å². The van der Waals surface area contributed by atoms with Crippen LogP contribution in [-0.2, 0) is 0 Å². The van der Waals surface area contributed by atoms with Crippen molar-refractivity contribution in [2.75, 3.05) is 11.9 Å². The summed E-state index contributed by atoms with van der Waals surface area (Å²) in [5, 5.41) is 4.46. The maximum atomic E-state index is 12.1. The highest BCUT2D eigenvalue weighted by Gasteiger charge is 2.41. The van der Waals surface area contributed by atoms with Crippen LogP contribution in [0.1, 0.15) is 29.6 Å².